The predicted molar refractivity (Wildman–Crippen MR) is 76.6 cm³/mol. The summed E-state index contributed by atoms with van der Waals surface area (Å²) in [6.45, 7) is 4.25. The standard InChI is InChI=1S/C14H16N4O2/c1-3-11-5-4-8-15-12(11)9-16-14-7-6-13(18(19)20)10(2)17-14/h4-8H,3,9H2,1-2H3,(H,16,17). The minimum absolute atomic E-state index is 0.0302. The summed E-state index contributed by atoms with van der Waals surface area (Å²) in [6.07, 6.45) is 2.67. The fourth-order valence-corrected chi connectivity index (χ4v) is 1.97. The van der Waals surface area contributed by atoms with Crippen LogP contribution in [0.2, 0.25) is 0 Å². The molecule has 0 bridgehead atoms. The molecule has 2 aromatic heterocycles. The van der Waals surface area contributed by atoms with Gasteiger partial charge in [0.15, 0.2) is 0 Å². The number of nitrogens with one attached hydrogen (secondary N) is 1. The molecule has 0 fully saturated rings. The van der Waals surface area contributed by atoms with Crippen LogP contribution >= 0.6 is 0 Å². The molecule has 0 aliphatic rings. The predicted octanol–water partition coefficient (Wildman–Crippen LogP) is 2.87. The zero-order valence-corrected chi connectivity index (χ0v) is 11.5. The molecule has 0 aliphatic carbocycles. The van der Waals surface area contributed by atoms with Gasteiger partial charge in [0.05, 0.1) is 17.2 Å². The van der Waals surface area contributed by atoms with Crippen LogP contribution in [0.1, 0.15) is 23.9 Å². The van der Waals surface area contributed by atoms with Crippen LogP contribution in [0.4, 0.5) is 11.5 Å². The van der Waals surface area contributed by atoms with Crippen molar-refractivity contribution in [2.45, 2.75) is 26.8 Å². The van der Waals surface area contributed by atoms with Crippen molar-refractivity contribution in [1.29, 1.82) is 0 Å². The Labute approximate surface area is 117 Å². The highest BCUT2D eigenvalue weighted by atomic mass is 16.6. The number of aromatic nitrogens is 2. The normalized spacial score (nSPS) is 10.3. The molecule has 6 nitrogen and oxygen atoms in total. The lowest BCUT2D eigenvalue weighted by Gasteiger charge is -2.09. The van der Waals surface area contributed by atoms with Crippen LogP contribution in [-0.4, -0.2) is 14.9 Å². The fraction of sp³-hybridized carbons (Fsp3) is 0.286. The summed E-state index contributed by atoms with van der Waals surface area (Å²) in [7, 11) is 0. The van der Waals surface area contributed by atoms with E-state index in [9.17, 15) is 10.1 Å². The monoisotopic (exact) mass is 272 g/mol. The molecule has 0 radical (unpaired) electrons. The lowest BCUT2D eigenvalue weighted by Crippen LogP contribution is -2.07. The Balaban J connectivity index is 2.11. The van der Waals surface area contributed by atoms with E-state index in [-0.39, 0.29) is 5.69 Å². The van der Waals surface area contributed by atoms with Gasteiger partial charge >= 0.3 is 0 Å². The highest BCUT2D eigenvalue weighted by Gasteiger charge is 2.11. The van der Waals surface area contributed by atoms with E-state index >= 15 is 0 Å². The second-order valence-corrected chi connectivity index (χ2v) is 4.37. The summed E-state index contributed by atoms with van der Waals surface area (Å²) < 4.78 is 0. The van der Waals surface area contributed by atoms with E-state index in [1.54, 1.807) is 19.2 Å². The van der Waals surface area contributed by atoms with Gasteiger partial charge in [-0.05, 0) is 31.0 Å². The molecule has 0 saturated heterocycles. The van der Waals surface area contributed by atoms with Crippen LogP contribution in [-0.2, 0) is 13.0 Å². The molecular weight excluding hydrogens is 256 g/mol. The topological polar surface area (TPSA) is 81.0 Å². The molecule has 6 heteroatoms. The zero-order valence-electron chi connectivity index (χ0n) is 11.5. The maximum Gasteiger partial charge on any atom is 0.290 e. The molecule has 2 rings (SSSR count). The summed E-state index contributed by atoms with van der Waals surface area (Å²) in [5.74, 6) is 0.612. The molecule has 0 saturated carbocycles. The summed E-state index contributed by atoms with van der Waals surface area (Å²) in [4.78, 5) is 18.8. The van der Waals surface area contributed by atoms with Crippen molar-refractivity contribution in [2.75, 3.05) is 5.32 Å². The van der Waals surface area contributed by atoms with Gasteiger partial charge < -0.3 is 5.32 Å². The van der Waals surface area contributed by atoms with Crippen molar-refractivity contribution in [3.05, 3.63) is 57.5 Å². The molecule has 2 heterocycles. The first-order valence-electron chi connectivity index (χ1n) is 6.40. The molecule has 0 aliphatic heterocycles. The van der Waals surface area contributed by atoms with Gasteiger partial charge in [-0.3, -0.25) is 15.1 Å². The summed E-state index contributed by atoms with van der Waals surface area (Å²) in [6, 6.07) is 7.03. The third-order valence-corrected chi connectivity index (χ3v) is 3.06. The van der Waals surface area contributed by atoms with Crippen LogP contribution in [0.5, 0.6) is 0 Å². The number of rotatable bonds is 5. The van der Waals surface area contributed by atoms with Gasteiger partial charge in [0.2, 0.25) is 0 Å². The Morgan fingerprint density at radius 2 is 2.15 bits per heavy atom. The molecule has 0 unspecified atom stereocenters. The molecule has 20 heavy (non-hydrogen) atoms. The van der Waals surface area contributed by atoms with Crippen LogP contribution in [0.15, 0.2) is 30.5 Å². The molecule has 104 valence electrons. The van der Waals surface area contributed by atoms with Crippen LogP contribution in [0, 0.1) is 17.0 Å². The van der Waals surface area contributed by atoms with Crippen LogP contribution in [0.25, 0.3) is 0 Å². The van der Waals surface area contributed by atoms with E-state index in [1.165, 1.54) is 11.6 Å². The highest BCUT2D eigenvalue weighted by Crippen LogP contribution is 2.18. The first kappa shape index (κ1) is 13.9. The minimum Gasteiger partial charge on any atom is -0.364 e. The van der Waals surface area contributed by atoms with Gasteiger partial charge in [0, 0.05) is 12.3 Å². The van der Waals surface area contributed by atoms with E-state index in [2.05, 4.69) is 22.2 Å². The quantitative estimate of drug-likeness (QED) is 0.668. The van der Waals surface area contributed by atoms with E-state index in [1.807, 2.05) is 12.1 Å². The lowest BCUT2D eigenvalue weighted by molar-refractivity contribution is -0.385. The smallest absolute Gasteiger partial charge is 0.290 e. The maximum absolute atomic E-state index is 10.7. The second kappa shape index (κ2) is 6.10. The largest absolute Gasteiger partial charge is 0.364 e. The molecule has 1 N–H and O–H groups in total. The SMILES string of the molecule is CCc1cccnc1CNc1ccc([N+](=O)[O-])c(C)n1. The van der Waals surface area contributed by atoms with E-state index in [0.29, 0.717) is 18.1 Å². The minimum atomic E-state index is -0.431. The van der Waals surface area contributed by atoms with E-state index in [0.717, 1.165) is 12.1 Å². The Morgan fingerprint density at radius 3 is 2.80 bits per heavy atom. The number of anilines is 1. The maximum atomic E-state index is 10.7. The third kappa shape index (κ3) is 3.09. The van der Waals surface area contributed by atoms with Crippen molar-refractivity contribution < 1.29 is 4.92 Å². The number of nitrogens with zero attached hydrogens (tertiary/aromatic N) is 3. The zero-order chi connectivity index (χ0) is 14.5. The highest BCUT2D eigenvalue weighted by molar-refractivity contribution is 5.45. The number of pyridine rings is 2. The summed E-state index contributed by atoms with van der Waals surface area (Å²) >= 11 is 0. The Morgan fingerprint density at radius 1 is 1.35 bits per heavy atom. The van der Waals surface area contributed by atoms with Crippen LogP contribution < -0.4 is 5.32 Å². The van der Waals surface area contributed by atoms with Crippen molar-refractivity contribution in [3.63, 3.8) is 0 Å². The van der Waals surface area contributed by atoms with E-state index < -0.39 is 4.92 Å². The first-order valence-corrected chi connectivity index (χ1v) is 6.40. The average molecular weight is 272 g/mol. The third-order valence-electron chi connectivity index (χ3n) is 3.06. The van der Waals surface area contributed by atoms with Crippen LogP contribution in [0.3, 0.4) is 0 Å². The number of hydrogen-bond donors (Lipinski definition) is 1. The number of aryl methyl sites for hydroxylation is 2. The molecule has 0 aromatic carbocycles. The first-order chi connectivity index (χ1) is 9.61. The van der Waals surface area contributed by atoms with Crippen molar-refractivity contribution in [3.8, 4) is 0 Å². The van der Waals surface area contributed by atoms with Gasteiger partial charge in [-0.15, -0.1) is 0 Å². The Hall–Kier alpha value is -2.50. The number of hydrogen-bond acceptors (Lipinski definition) is 5. The lowest BCUT2D eigenvalue weighted by atomic mass is 10.1. The fourth-order valence-electron chi connectivity index (χ4n) is 1.97. The second-order valence-electron chi connectivity index (χ2n) is 4.37. The number of nitro groups is 1. The van der Waals surface area contributed by atoms with Gasteiger partial charge in [0.1, 0.15) is 11.5 Å². The van der Waals surface area contributed by atoms with Gasteiger partial charge in [-0.2, -0.15) is 0 Å². The van der Waals surface area contributed by atoms with Gasteiger partial charge in [-0.1, -0.05) is 13.0 Å². The molecule has 0 atom stereocenters. The van der Waals surface area contributed by atoms with Crippen molar-refractivity contribution in [1.82, 2.24) is 9.97 Å². The van der Waals surface area contributed by atoms with Gasteiger partial charge in [-0.25, -0.2) is 4.98 Å². The van der Waals surface area contributed by atoms with E-state index in [4.69, 9.17) is 0 Å². The molecule has 2 aromatic rings. The van der Waals surface area contributed by atoms with Crippen molar-refractivity contribution >= 4 is 11.5 Å². The molecular formula is C14H16N4O2. The van der Waals surface area contributed by atoms with Crippen molar-refractivity contribution in [2.24, 2.45) is 0 Å². The Kier molecular flexibility index (Phi) is 4.24. The molecule has 0 spiro atoms. The summed E-state index contributed by atoms with van der Waals surface area (Å²) in [5.41, 5.74) is 2.57. The molecule has 0 amide bonds. The van der Waals surface area contributed by atoms with Gasteiger partial charge in [0.25, 0.3) is 5.69 Å². The average Bonchev–Trinajstić information content (AvgIpc) is 2.45. The summed E-state index contributed by atoms with van der Waals surface area (Å²) in [5, 5.41) is 13.9. The Bertz CT molecular complexity index is 628.